The van der Waals surface area contributed by atoms with Gasteiger partial charge in [-0.25, -0.2) is 0 Å². The molecule has 6 nitrogen and oxygen atoms in total. The lowest BCUT2D eigenvalue weighted by molar-refractivity contribution is 0.276. The fourth-order valence-corrected chi connectivity index (χ4v) is 1.79. The van der Waals surface area contributed by atoms with Gasteiger partial charge in [-0.05, 0) is 0 Å². The van der Waals surface area contributed by atoms with E-state index in [1.54, 1.807) is 6.20 Å². The molecule has 15 heavy (non-hydrogen) atoms. The van der Waals surface area contributed by atoms with E-state index in [1.807, 2.05) is 0 Å². The molecular weight excluding hydrogens is 214 g/mol. The van der Waals surface area contributed by atoms with Crippen LogP contribution in [0.2, 0.25) is 0 Å². The summed E-state index contributed by atoms with van der Waals surface area (Å²) in [6.07, 6.45) is 1.64. The van der Waals surface area contributed by atoms with E-state index < -0.39 is 0 Å². The largest absolute Gasteiger partial charge is 0.390 e. The Morgan fingerprint density at radius 2 is 2.20 bits per heavy atom. The van der Waals surface area contributed by atoms with Gasteiger partial charge >= 0.3 is 0 Å². The molecule has 0 saturated heterocycles. The van der Waals surface area contributed by atoms with Crippen LogP contribution in [0.25, 0.3) is 5.13 Å². The number of rotatable bonds is 3. The SMILES string of the molecule is CC(C)c1nnc(-n2cc(CO)nn2)s1. The molecule has 1 N–H and O–H groups in total. The third kappa shape index (κ3) is 2.02. The van der Waals surface area contributed by atoms with Crippen LogP contribution in [0.15, 0.2) is 6.20 Å². The van der Waals surface area contributed by atoms with Crippen LogP contribution < -0.4 is 0 Å². The number of hydrogen-bond acceptors (Lipinski definition) is 6. The van der Waals surface area contributed by atoms with E-state index in [0.29, 0.717) is 16.7 Å². The molecule has 0 aliphatic heterocycles. The number of aromatic nitrogens is 5. The second kappa shape index (κ2) is 4.03. The van der Waals surface area contributed by atoms with Crippen LogP contribution >= 0.6 is 11.3 Å². The first-order valence-corrected chi connectivity index (χ1v) is 5.38. The predicted molar refractivity (Wildman–Crippen MR) is 54.8 cm³/mol. The van der Waals surface area contributed by atoms with Crippen molar-refractivity contribution in [3.63, 3.8) is 0 Å². The zero-order valence-electron chi connectivity index (χ0n) is 8.45. The van der Waals surface area contributed by atoms with Gasteiger partial charge in [-0.15, -0.1) is 15.3 Å². The standard InChI is InChI=1S/C8H11N5OS/c1-5(2)7-10-11-8(15-7)13-3-6(4-14)9-12-13/h3,5,14H,4H2,1-2H3. The first-order chi connectivity index (χ1) is 7.20. The number of nitrogens with zero attached hydrogens (tertiary/aromatic N) is 5. The molecule has 2 aromatic heterocycles. The molecular formula is C8H11N5OS. The molecule has 2 rings (SSSR count). The second-order valence-corrected chi connectivity index (χ2v) is 4.38. The lowest BCUT2D eigenvalue weighted by Gasteiger charge is -1.93. The van der Waals surface area contributed by atoms with Crippen molar-refractivity contribution < 1.29 is 5.11 Å². The molecule has 2 heterocycles. The van der Waals surface area contributed by atoms with Gasteiger partial charge in [0.05, 0.1) is 12.8 Å². The van der Waals surface area contributed by atoms with E-state index >= 15 is 0 Å². The molecule has 0 spiro atoms. The fraction of sp³-hybridized carbons (Fsp3) is 0.500. The van der Waals surface area contributed by atoms with Gasteiger partial charge in [-0.3, -0.25) is 0 Å². The summed E-state index contributed by atoms with van der Waals surface area (Å²) >= 11 is 1.47. The van der Waals surface area contributed by atoms with Crippen molar-refractivity contribution in [3.05, 3.63) is 16.9 Å². The molecule has 0 unspecified atom stereocenters. The van der Waals surface area contributed by atoms with Crippen LogP contribution in [0.1, 0.15) is 30.5 Å². The Kier molecular flexibility index (Phi) is 2.74. The monoisotopic (exact) mass is 225 g/mol. The van der Waals surface area contributed by atoms with Gasteiger partial charge in [0.1, 0.15) is 10.7 Å². The molecule has 0 bridgehead atoms. The fourth-order valence-electron chi connectivity index (χ4n) is 1.02. The first kappa shape index (κ1) is 10.2. The summed E-state index contributed by atoms with van der Waals surface area (Å²) in [6, 6.07) is 0. The minimum atomic E-state index is -0.115. The molecule has 7 heteroatoms. The van der Waals surface area contributed by atoms with Crippen molar-refractivity contribution in [2.75, 3.05) is 0 Å². The maximum absolute atomic E-state index is 8.84. The molecule has 0 saturated carbocycles. The van der Waals surface area contributed by atoms with Crippen LogP contribution in [0.3, 0.4) is 0 Å². The summed E-state index contributed by atoms with van der Waals surface area (Å²) in [6.45, 7) is 4.01. The van der Waals surface area contributed by atoms with Gasteiger partial charge in [-0.1, -0.05) is 30.4 Å². The molecule has 0 aliphatic carbocycles. The van der Waals surface area contributed by atoms with Crippen LogP contribution in [0.5, 0.6) is 0 Å². The summed E-state index contributed by atoms with van der Waals surface area (Å²) in [5, 5.41) is 26.1. The number of aliphatic hydroxyl groups is 1. The van der Waals surface area contributed by atoms with Crippen molar-refractivity contribution >= 4 is 11.3 Å². The Morgan fingerprint density at radius 1 is 1.40 bits per heavy atom. The zero-order valence-corrected chi connectivity index (χ0v) is 9.27. The van der Waals surface area contributed by atoms with Crippen LogP contribution in [0, 0.1) is 0 Å². The topological polar surface area (TPSA) is 76.7 Å². The van der Waals surface area contributed by atoms with E-state index in [1.165, 1.54) is 16.0 Å². The number of hydrogen-bond donors (Lipinski definition) is 1. The average Bonchev–Trinajstić information content (AvgIpc) is 2.86. The zero-order chi connectivity index (χ0) is 10.8. The van der Waals surface area contributed by atoms with Crippen molar-refractivity contribution in [2.24, 2.45) is 0 Å². The predicted octanol–water partition coefficient (Wildman–Crippen LogP) is 0.734. The average molecular weight is 225 g/mol. The Balaban J connectivity index is 2.28. The summed E-state index contributed by atoms with van der Waals surface area (Å²) in [5.74, 6) is 0.358. The Bertz CT molecular complexity index is 449. The number of aliphatic hydroxyl groups excluding tert-OH is 1. The third-order valence-electron chi connectivity index (χ3n) is 1.82. The summed E-state index contributed by atoms with van der Waals surface area (Å²) in [4.78, 5) is 0. The Morgan fingerprint density at radius 3 is 2.73 bits per heavy atom. The molecule has 0 amide bonds. The minimum absolute atomic E-state index is 0.115. The smallest absolute Gasteiger partial charge is 0.234 e. The lowest BCUT2D eigenvalue weighted by atomic mass is 10.2. The molecule has 0 aliphatic rings. The van der Waals surface area contributed by atoms with Gasteiger partial charge in [0.2, 0.25) is 5.13 Å². The lowest BCUT2D eigenvalue weighted by Crippen LogP contribution is -1.93. The van der Waals surface area contributed by atoms with Gasteiger partial charge in [0.25, 0.3) is 0 Å². The van der Waals surface area contributed by atoms with Crippen LogP contribution in [0.4, 0.5) is 0 Å². The third-order valence-corrected chi connectivity index (χ3v) is 3.04. The highest BCUT2D eigenvalue weighted by atomic mass is 32.1. The normalized spacial score (nSPS) is 11.2. The summed E-state index contributed by atoms with van der Waals surface area (Å²) in [7, 11) is 0. The van der Waals surface area contributed by atoms with E-state index in [9.17, 15) is 0 Å². The van der Waals surface area contributed by atoms with Crippen molar-refractivity contribution in [2.45, 2.75) is 26.4 Å². The summed E-state index contributed by atoms with van der Waals surface area (Å²) in [5.41, 5.74) is 0.524. The van der Waals surface area contributed by atoms with Gasteiger partial charge < -0.3 is 5.11 Å². The van der Waals surface area contributed by atoms with Gasteiger partial charge in [0.15, 0.2) is 0 Å². The van der Waals surface area contributed by atoms with Crippen LogP contribution in [-0.4, -0.2) is 30.3 Å². The molecule has 0 aromatic carbocycles. The quantitative estimate of drug-likeness (QED) is 0.833. The highest BCUT2D eigenvalue weighted by Crippen LogP contribution is 2.20. The maximum atomic E-state index is 8.84. The molecule has 0 fully saturated rings. The Hall–Kier alpha value is -1.34. The van der Waals surface area contributed by atoms with Crippen molar-refractivity contribution in [1.82, 2.24) is 25.2 Å². The minimum Gasteiger partial charge on any atom is -0.390 e. The maximum Gasteiger partial charge on any atom is 0.234 e. The van der Waals surface area contributed by atoms with Gasteiger partial charge in [-0.2, -0.15) is 4.68 Å². The second-order valence-electron chi connectivity index (χ2n) is 3.39. The highest BCUT2D eigenvalue weighted by Gasteiger charge is 2.10. The van der Waals surface area contributed by atoms with E-state index in [0.717, 1.165) is 5.01 Å². The Labute approximate surface area is 90.6 Å². The summed E-state index contributed by atoms with van der Waals surface area (Å²) < 4.78 is 1.52. The van der Waals surface area contributed by atoms with E-state index in [4.69, 9.17) is 5.11 Å². The first-order valence-electron chi connectivity index (χ1n) is 4.56. The highest BCUT2D eigenvalue weighted by molar-refractivity contribution is 7.13. The van der Waals surface area contributed by atoms with E-state index in [2.05, 4.69) is 34.4 Å². The van der Waals surface area contributed by atoms with Gasteiger partial charge in [0, 0.05) is 5.92 Å². The van der Waals surface area contributed by atoms with E-state index in [-0.39, 0.29) is 6.61 Å². The molecule has 0 atom stereocenters. The van der Waals surface area contributed by atoms with Crippen LogP contribution in [-0.2, 0) is 6.61 Å². The molecule has 80 valence electrons. The molecule has 0 radical (unpaired) electrons. The van der Waals surface area contributed by atoms with Crippen molar-refractivity contribution in [3.8, 4) is 5.13 Å². The molecule has 2 aromatic rings. The van der Waals surface area contributed by atoms with Crippen molar-refractivity contribution in [1.29, 1.82) is 0 Å².